The number of hydrogen-bond acceptors (Lipinski definition) is 4. The van der Waals surface area contributed by atoms with Gasteiger partial charge >= 0.3 is 0 Å². The predicted molar refractivity (Wildman–Crippen MR) is 90.2 cm³/mol. The van der Waals surface area contributed by atoms with Crippen molar-refractivity contribution >= 4 is 11.6 Å². The smallest absolute Gasteiger partial charge is 0.257 e. The first-order chi connectivity index (χ1) is 11.7. The lowest BCUT2D eigenvalue weighted by Gasteiger charge is -2.32. The lowest BCUT2D eigenvalue weighted by Crippen LogP contribution is -2.55. The Bertz CT molecular complexity index is 688. The number of carbonyl (C=O) groups excluding carboxylic acids is 1. The third-order valence-electron chi connectivity index (χ3n) is 3.97. The average Bonchev–Trinajstić information content (AvgIpc) is 2.60. The van der Waals surface area contributed by atoms with Crippen molar-refractivity contribution in [3.63, 3.8) is 0 Å². The van der Waals surface area contributed by atoms with Gasteiger partial charge in [0.25, 0.3) is 5.91 Å². The van der Waals surface area contributed by atoms with E-state index in [1.165, 1.54) is 6.20 Å². The first-order valence-corrected chi connectivity index (χ1v) is 8.02. The Balaban J connectivity index is 1.57. The van der Waals surface area contributed by atoms with Gasteiger partial charge in [-0.05, 0) is 37.1 Å². The van der Waals surface area contributed by atoms with E-state index in [4.69, 9.17) is 4.74 Å². The fraction of sp³-hybridized carbons (Fsp3) is 0.333. The van der Waals surface area contributed by atoms with Crippen LogP contribution in [-0.4, -0.2) is 36.3 Å². The molecule has 0 bridgehead atoms. The Labute approximate surface area is 140 Å². The normalized spacial score (nSPS) is 19.4. The number of anilines is 1. The quantitative estimate of drug-likeness (QED) is 0.855. The van der Waals surface area contributed by atoms with E-state index in [0.29, 0.717) is 36.7 Å². The number of aromatic nitrogens is 1. The summed E-state index contributed by atoms with van der Waals surface area (Å²) in [5.74, 6) is 0.261. The van der Waals surface area contributed by atoms with Gasteiger partial charge in [0.15, 0.2) is 0 Å². The van der Waals surface area contributed by atoms with E-state index >= 15 is 0 Å². The Morgan fingerprint density at radius 2 is 2.12 bits per heavy atom. The molecule has 1 saturated heterocycles. The number of hydrogen-bond donors (Lipinski definition) is 2. The number of halogens is 1. The Morgan fingerprint density at radius 3 is 2.67 bits per heavy atom. The molecule has 126 valence electrons. The first kappa shape index (κ1) is 16.4. The van der Waals surface area contributed by atoms with E-state index in [2.05, 4.69) is 15.6 Å². The molecule has 24 heavy (non-hydrogen) atoms. The van der Waals surface area contributed by atoms with Gasteiger partial charge in [-0.25, -0.2) is 9.37 Å². The summed E-state index contributed by atoms with van der Waals surface area (Å²) >= 11 is 0. The van der Waals surface area contributed by atoms with Crippen LogP contribution in [-0.2, 0) is 6.42 Å². The summed E-state index contributed by atoms with van der Waals surface area (Å²) in [4.78, 5) is 16.3. The Kier molecular flexibility index (Phi) is 5.05. The molecule has 3 rings (SSSR count). The van der Waals surface area contributed by atoms with Crippen molar-refractivity contribution in [3.05, 3.63) is 53.7 Å². The molecule has 1 aromatic carbocycles. The van der Waals surface area contributed by atoms with Gasteiger partial charge in [0.2, 0.25) is 5.88 Å². The number of carbonyl (C=O) groups is 1. The number of rotatable bonds is 6. The van der Waals surface area contributed by atoms with Gasteiger partial charge in [0.1, 0.15) is 6.17 Å². The van der Waals surface area contributed by atoms with Crippen molar-refractivity contribution in [2.75, 3.05) is 18.5 Å². The molecule has 1 amide bonds. The summed E-state index contributed by atoms with van der Waals surface area (Å²) in [5, 5.41) is 5.88. The highest BCUT2D eigenvalue weighted by atomic mass is 19.1. The lowest BCUT2D eigenvalue weighted by molar-refractivity contribution is 0.102. The summed E-state index contributed by atoms with van der Waals surface area (Å²) in [6, 6.07) is 10.7. The van der Waals surface area contributed by atoms with Crippen molar-refractivity contribution in [1.82, 2.24) is 10.3 Å². The van der Waals surface area contributed by atoms with Gasteiger partial charge in [-0.1, -0.05) is 12.1 Å². The molecule has 0 saturated carbocycles. The summed E-state index contributed by atoms with van der Waals surface area (Å²) < 4.78 is 18.5. The number of pyridine rings is 1. The van der Waals surface area contributed by atoms with Gasteiger partial charge < -0.3 is 15.4 Å². The molecule has 2 heterocycles. The minimum absolute atomic E-state index is 0.0969. The van der Waals surface area contributed by atoms with E-state index in [9.17, 15) is 9.18 Å². The number of nitrogens with zero attached hydrogens (tertiary/aromatic N) is 1. The summed E-state index contributed by atoms with van der Waals surface area (Å²) in [7, 11) is 0. The lowest BCUT2D eigenvalue weighted by atomic mass is 9.96. The van der Waals surface area contributed by atoms with Crippen molar-refractivity contribution in [1.29, 1.82) is 0 Å². The summed E-state index contributed by atoms with van der Waals surface area (Å²) in [5.41, 5.74) is 2.19. The first-order valence-electron chi connectivity index (χ1n) is 8.02. The van der Waals surface area contributed by atoms with Crippen LogP contribution in [0.3, 0.4) is 0 Å². The largest absolute Gasteiger partial charge is 0.478 e. The third kappa shape index (κ3) is 3.89. The molecule has 5 nitrogen and oxygen atoms in total. The second kappa shape index (κ2) is 7.40. The molecule has 2 atom stereocenters. The molecule has 1 fully saturated rings. The standard InChI is InChI=1S/C18H20FN3O2/c1-2-24-17-8-5-13(10-21-17)18(23)22-14-6-3-12(4-7-14)9-16-15(19)11-20-16/h3-8,10,15-16,20H,2,9,11H2,1H3,(H,22,23)/t15-,16-/m1/s1. The Hall–Kier alpha value is -2.47. The highest BCUT2D eigenvalue weighted by Crippen LogP contribution is 2.17. The van der Waals surface area contributed by atoms with Crippen molar-refractivity contribution < 1.29 is 13.9 Å². The van der Waals surface area contributed by atoms with Crippen LogP contribution in [0.1, 0.15) is 22.8 Å². The fourth-order valence-electron chi connectivity index (χ4n) is 2.50. The molecule has 2 aromatic rings. The van der Waals surface area contributed by atoms with Gasteiger partial charge in [0, 0.05) is 30.5 Å². The minimum Gasteiger partial charge on any atom is -0.478 e. The third-order valence-corrected chi connectivity index (χ3v) is 3.97. The van der Waals surface area contributed by atoms with Crippen LogP contribution >= 0.6 is 0 Å². The zero-order chi connectivity index (χ0) is 16.9. The molecule has 0 aliphatic carbocycles. The number of alkyl halides is 1. The number of nitrogens with one attached hydrogen (secondary N) is 2. The topological polar surface area (TPSA) is 63.2 Å². The van der Waals surface area contributed by atoms with Crippen molar-refractivity contribution in [2.24, 2.45) is 0 Å². The van der Waals surface area contributed by atoms with E-state index in [1.54, 1.807) is 12.1 Å². The molecule has 6 heteroatoms. The van der Waals surface area contributed by atoms with E-state index in [-0.39, 0.29) is 11.9 Å². The molecule has 0 unspecified atom stereocenters. The SMILES string of the molecule is CCOc1ccc(C(=O)Nc2ccc(C[C@H]3NC[C@H]3F)cc2)cn1. The minimum atomic E-state index is -0.767. The summed E-state index contributed by atoms with van der Waals surface area (Å²) in [6.45, 7) is 2.85. The van der Waals surface area contributed by atoms with Crippen molar-refractivity contribution in [2.45, 2.75) is 25.6 Å². The van der Waals surface area contributed by atoms with Gasteiger partial charge in [-0.3, -0.25) is 4.79 Å². The monoisotopic (exact) mass is 329 g/mol. The van der Waals surface area contributed by atoms with E-state index in [0.717, 1.165) is 5.56 Å². The molecular formula is C18H20FN3O2. The maximum absolute atomic E-state index is 13.2. The average molecular weight is 329 g/mol. The highest BCUT2D eigenvalue weighted by molar-refractivity contribution is 6.04. The maximum Gasteiger partial charge on any atom is 0.257 e. The number of amides is 1. The van der Waals surface area contributed by atoms with E-state index < -0.39 is 6.17 Å². The zero-order valence-corrected chi connectivity index (χ0v) is 13.5. The van der Waals surface area contributed by atoms with Crippen LogP contribution in [0.25, 0.3) is 0 Å². The number of ether oxygens (including phenoxy) is 1. The molecule has 1 aromatic heterocycles. The molecule has 1 aliphatic heterocycles. The highest BCUT2D eigenvalue weighted by Gasteiger charge is 2.29. The van der Waals surface area contributed by atoms with Crippen LogP contribution in [0.2, 0.25) is 0 Å². The molecular weight excluding hydrogens is 309 g/mol. The van der Waals surface area contributed by atoms with Crippen LogP contribution in [0.4, 0.5) is 10.1 Å². The van der Waals surface area contributed by atoms with Gasteiger partial charge in [-0.15, -0.1) is 0 Å². The molecule has 0 spiro atoms. The van der Waals surface area contributed by atoms with Gasteiger partial charge in [-0.2, -0.15) is 0 Å². The van der Waals surface area contributed by atoms with Crippen LogP contribution in [0.15, 0.2) is 42.6 Å². The summed E-state index contributed by atoms with van der Waals surface area (Å²) in [6.07, 6.45) is 1.37. The molecule has 1 aliphatic rings. The fourth-order valence-corrected chi connectivity index (χ4v) is 2.50. The van der Waals surface area contributed by atoms with E-state index in [1.807, 2.05) is 31.2 Å². The van der Waals surface area contributed by atoms with Gasteiger partial charge in [0.05, 0.1) is 12.2 Å². The maximum atomic E-state index is 13.2. The second-order valence-corrected chi connectivity index (χ2v) is 5.70. The Morgan fingerprint density at radius 1 is 1.33 bits per heavy atom. The van der Waals surface area contributed by atoms with Crippen LogP contribution in [0.5, 0.6) is 5.88 Å². The molecule has 0 radical (unpaired) electrons. The number of benzene rings is 1. The molecule has 2 N–H and O–H groups in total. The zero-order valence-electron chi connectivity index (χ0n) is 13.5. The predicted octanol–water partition coefficient (Wildman–Crippen LogP) is 2.59. The van der Waals surface area contributed by atoms with Crippen molar-refractivity contribution in [3.8, 4) is 5.88 Å². The second-order valence-electron chi connectivity index (χ2n) is 5.70. The van der Waals surface area contributed by atoms with Crippen LogP contribution < -0.4 is 15.4 Å². The van der Waals surface area contributed by atoms with Crippen LogP contribution in [0, 0.1) is 0 Å².